The van der Waals surface area contributed by atoms with E-state index in [1.54, 1.807) is 13.2 Å². The van der Waals surface area contributed by atoms with Gasteiger partial charge < -0.3 is 24.5 Å². The highest BCUT2D eigenvalue weighted by molar-refractivity contribution is 7.85. The molecular formula is C30H45NO7S. The fourth-order valence-electron chi connectivity index (χ4n) is 5.89. The highest BCUT2D eigenvalue weighted by atomic mass is 32.2. The van der Waals surface area contributed by atoms with E-state index in [-0.39, 0.29) is 40.7 Å². The number of benzene rings is 1. The number of esters is 1. The van der Waals surface area contributed by atoms with Crippen molar-refractivity contribution < 1.29 is 37.7 Å². The molecule has 5 atom stereocenters. The van der Waals surface area contributed by atoms with E-state index in [1.807, 2.05) is 0 Å². The molecule has 2 saturated carbocycles. The van der Waals surface area contributed by atoms with Gasteiger partial charge in [-0.1, -0.05) is 42.0 Å². The molecule has 0 bridgehead atoms. The monoisotopic (exact) mass is 563 g/mol. The third-order valence-corrected chi connectivity index (χ3v) is 9.08. The molecule has 1 heterocycles. The van der Waals surface area contributed by atoms with Crippen LogP contribution in [-0.4, -0.2) is 56.0 Å². The van der Waals surface area contributed by atoms with Gasteiger partial charge in [0.2, 0.25) is 0 Å². The molecule has 39 heavy (non-hydrogen) atoms. The lowest BCUT2D eigenvalue weighted by atomic mass is 9.72. The summed E-state index contributed by atoms with van der Waals surface area (Å²) in [7, 11) is -2.54. The van der Waals surface area contributed by atoms with E-state index in [0.29, 0.717) is 18.4 Å². The Hall–Kier alpha value is -2.04. The molecule has 9 heteroatoms. The van der Waals surface area contributed by atoms with Crippen molar-refractivity contribution in [1.82, 2.24) is 0 Å². The molecular weight excluding hydrogens is 518 g/mol. The molecule has 2 aliphatic carbocycles. The number of carbonyl (C=O) groups excluding carboxylic acids is 1. The Kier molecular flexibility index (Phi) is 10.9. The largest absolute Gasteiger partial charge is 0.744 e. The second-order valence-electron chi connectivity index (χ2n) is 11.6. The summed E-state index contributed by atoms with van der Waals surface area (Å²) >= 11 is 0. The molecule has 3 unspecified atom stereocenters. The minimum absolute atomic E-state index is 0.0521. The number of ether oxygens (including phenoxy) is 3. The molecule has 0 radical (unpaired) electrons. The maximum Gasteiger partial charge on any atom is 0.306 e. The summed E-state index contributed by atoms with van der Waals surface area (Å²) in [5.74, 6) is 0.406. The third-order valence-electron chi connectivity index (χ3n) is 8.23. The van der Waals surface area contributed by atoms with E-state index in [2.05, 4.69) is 39.2 Å². The Morgan fingerprint density at radius 2 is 1.82 bits per heavy atom. The number of carbonyl (C=O) groups is 1. The van der Waals surface area contributed by atoms with E-state index in [4.69, 9.17) is 14.2 Å². The quantitative estimate of drug-likeness (QED) is 0.217. The molecule has 4 rings (SSSR count). The van der Waals surface area contributed by atoms with Gasteiger partial charge >= 0.3 is 5.97 Å². The third kappa shape index (κ3) is 8.72. The molecule has 1 aliphatic heterocycles. The van der Waals surface area contributed by atoms with Crippen molar-refractivity contribution in [3.63, 3.8) is 0 Å². The number of rotatable bonds is 8. The van der Waals surface area contributed by atoms with Gasteiger partial charge in [0.1, 0.15) is 27.9 Å². The van der Waals surface area contributed by atoms with Gasteiger partial charge in [0, 0.05) is 19.4 Å². The van der Waals surface area contributed by atoms with E-state index in [1.165, 1.54) is 29.8 Å². The lowest BCUT2D eigenvalue weighted by molar-refractivity contribution is -0.426. The molecule has 3 N–H and O–H groups in total. The van der Waals surface area contributed by atoms with Gasteiger partial charge in [-0.3, -0.25) is 4.79 Å². The molecule has 8 nitrogen and oxygen atoms in total. The maximum atomic E-state index is 12.7. The van der Waals surface area contributed by atoms with Crippen LogP contribution in [0.3, 0.4) is 0 Å². The predicted molar refractivity (Wildman–Crippen MR) is 148 cm³/mol. The van der Waals surface area contributed by atoms with Gasteiger partial charge in [-0.2, -0.15) is 0 Å². The first-order valence-electron chi connectivity index (χ1n) is 13.9. The smallest absolute Gasteiger partial charge is 0.306 e. The standard InChI is InChI=1S/C24H39NO4.C6H6O3S/c1-15(2)6-13-20-24(4,29-20)22-16(3)7-12-19(23(22)27-5)28-21(26)14-17-8-10-18(25)11-9-17;7-10(8,9)6-4-2-1-3-5-6/h6,17-20,22-23H,3,7-14,25H2,1-2,4-5H3;1-5H,(H,7,8,9)/t17?,18?,19?,20-,22?,23?,24-;/m1./s1. The summed E-state index contributed by atoms with van der Waals surface area (Å²) in [6, 6.07) is 7.73. The van der Waals surface area contributed by atoms with Crippen LogP contribution in [0.4, 0.5) is 0 Å². The highest BCUT2D eigenvalue weighted by Gasteiger charge is 2.61. The molecule has 218 valence electrons. The van der Waals surface area contributed by atoms with Gasteiger partial charge in [0.25, 0.3) is 0 Å². The number of epoxide rings is 1. The second-order valence-corrected chi connectivity index (χ2v) is 12.9. The van der Waals surface area contributed by atoms with Crippen LogP contribution in [-0.2, 0) is 29.1 Å². The number of hydrogen-bond donors (Lipinski definition) is 1. The summed E-state index contributed by atoms with van der Waals surface area (Å²) in [5.41, 5.74) is 6.30. The highest BCUT2D eigenvalue weighted by Crippen LogP contribution is 2.52. The van der Waals surface area contributed by atoms with Crippen molar-refractivity contribution in [2.45, 2.75) is 107 Å². The van der Waals surface area contributed by atoms with Crippen LogP contribution in [0, 0.1) is 11.8 Å². The zero-order chi connectivity index (χ0) is 28.8. The Bertz CT molecular complexity index is 1110. The summed E-state index contributed by atoms with van der Waals surface area (Å²) in [4.78, 5) is 12.5. The first kappa shape index (κ1) is 31.5. The molecule has 3 fully saturated rings. The van der Waals surface area contributed by atoms with Crippen molar-refractivity contribution in [2.75, 3.05) is 7.11 Å². The normalized spacial score (nSPS) is 32.4. The number of quaternary nitrogens is 1. The van der Waals surface area contributed by atoms with Gasteiger partial charge in [0.05, 0.1) is 17.0 Å². The lowest BCUT2D eigenvalue weighted by Crippen LogP contribution is -2.61. The van der Waals surface area contributed by atoms with Crippen LogP contribution in [0.25, 0.3) is 0 Å². The van der Waals surface area contributed by atoms with Gasteiger partial charge in [-0.05, 0) is 83.8 Å². The molecule has 0 aromatic heterocycles. The van der Waals surface area contributed by atoms with E-state index >= 15 is 0 Å². The maximum absolute atomic E-state index is 12.7. The van der Waals surface area contributed by atoms with E-state index in [9.17, 15) is 17.8 Å². The van der Waals surface area contributed by atoms with Crippen LogP contribution in [0.2, 0.25) is 0 Å². The van der Waals surface area contributed by atoms with Crippen molar-refractivity contribution in [1.29, 1.82) is 0 Å². The molecule has 0 amide bonds. The first-order valence-corrected chi connectivity index (χ1v) is 15.3. The average molecular weight is 564 g/mol. The Labute approximate surface area is 233 Å². The van der Waals surface area contributed by atoms with E-state index < -0.39 is 10.1 Å². The predicted octanol–water partition coefficient (Wildman–Crippen LogP) is 4.17. The number of hydrogen-bond acceptors (Lipinski definition) is 7. The number of allylic oxidation sites excluding steroid dienone is 1. The SMILES string of the molecule is C=C1CCC(OC(=O)CC2CCC([NH3+])CC2)C(OC)C1[C@]1(C)O[C@@H]1CC=C(C)C.O=S(=O)([O-])c1ccccc1. The summed E-state index contributed by atoms with van der Waals surface area (Å²) in [5, 5.41) is 0. The minimum Gasteiger partial charge on any atom is -0.744 e. The zero-order valence-corrected chi connectivity index (χ0v) is 24.6. The van der Waals surface area contributed by atoms with Crippen LogP contribution < -0.4 is 5.73 Å². The zero-order valence-electron chi connectivity index (χ0n) is 23.8. The van der Waals surface area contributed by atoms with Crippen LogP contribution in [0.15, 0.2) is 59.0 Å². The van der Waals surface area contributed by atoms with Crippen LogP contribution in [0.1, 0.15) is 72.1 Å². The lowest BCUT2D eigenvalue weighted by Gasteiger charge is -2.40. The topological polar surface area (TPSA) is 133 Å². The first-order chi connectivity index (χ1) is 18.3. The molecule has 0 spiro atoms. The summed E-state index contributed by atoms with van der Waals surface area (Å²) < 4.78 is 48.8. The second kappa shape index (κ2) is 13.5. The summed E-state index contributed by atoms with van der Waals surface area (Å²) in [6.45, 7) is 10.7. The molecule has 1 aromatic rings. The number of methoxy groups -OCH3 is 1. The van der Waals surface area contributed by atoms with Crippen molar-refractivity contribution >= 4 is 16.1 Å². The van der Waals surface area contributed by atoms with Gasteiger partial charge in [-0.15, -0.1) is 0 Å². The van der Waals surface area contributed by atoms with Crippen LogP contribution >= 0.6 is 0 Å². The Morgan fingerprint density at radius 3 is 2.36 bits per heavy atom. The van der Waals surface area contributed by atoms with Crippen molar-refractivity contribution in [3.05, 3.63) is 54.1 Å². The van der Waals surface area contributed by atoms with E-state index in [0.717, 1.165) is 50.5 Å². The van der Waals surface area contributed by atoms with Crippen molar-refractivity contribution in [3.8, 4) is 0 Å². The van der Waals surface area contributed by atoms with Gasteiger partial charge in [0.15, 0.2) is 0 Å². The van der Waals surface area contributed by atoms with Crippen LogP contribution in [0.5, 0.6) is 0 Å². The van der Waals surface area contributed by atoms with Crippen molar-refractivity contribution in [2.24, 2.45) is 11.8 Å². The Balaban J connectivity index is 0.000000353. The molecule has 3 aliphatic rings. The Morgan fingerprint density at radius 1 is 1.18 bits per heavy atom. The molecule has 1 saturated heterocycles. The van der Waals surface area contributed by atoms with Gasteiger partial charge in [-0.25, -0.2) is 8.42 Å². The minimum atomic E-state index is -4.25. The average Bonchev–Trinajstić information content (AvgIpc) is 3.55. The summed E-state index contributed by atoms with van der Waals surface area (Å²) in [6.07, 6.45) is 9.42. The fourth-order valence-corrected chi connectivity index (χ4v) is 6.38. The molecule has 1 aromatic carbocycles. The fraction of sp³-hybridized carbons (Fsp3) is 0.633.